The molecule has 5 heteroatoms. The van der Waals surface area contributed by atoms with Crippen molar-refractivity contribution in [2.75, 3.05) is 24.6 Å². The van der Waals surface area contributed by atoms with Gasteiger partial charge in [0.2, 0.25) is 5.91 Å². The van der Waals surface area contributed by atoms with E-state index in [0.717, 1.165) is 35.5 Å². The fourth-order valence-electron chi connectivity index (χ4n) is 2.53. The van der Waals surface area contributed by atoms with Crippen LogP contribution in [-0.4, -0.2) is 45.2 Å². The molecule has 0 atom stereocenters. The smallest absolute Gasteiger partial charge is 0.224 e. The van der Waals surface area contributed by atoms with Gasteiger partial charge in [-0.05, 0) is 18.6 Å². The number of thioether (sulfide) groups is 1. The van der Waals surface area contributed by atoms with E-state index >= 15 is 0 Å². The highest BCUT2D eigenvalue weighted by Gasteiger charge is 2.16. The average molecular weight is 289 g/mol. The summed E-state index contributed by atoms with van der Waals surface area (Å²) in [6.45, 7) is 4.52. The van der Waals surface area contributed by atoms with Crippen molar-refractivity contribution < 1.29 is 4.79 Å². The van der Waals surface area contributed by atoms with Gasteiger partial charge in [0, 0.05) is 36.4 Å². The summed E-state index contributed by atoms with van der Waals surface area (Å²) in [6, 6.07) is 6.30. The molecule has 2 aromatic rings. The van der Waals surface area contributed by atoms with E-state index < -0.39 is 0 Å². The van der Waals surface area contributed by atoms with Crippen LogP contribution in [0.5, 0.6) is 0 Å². The molecule has 0 aliphatic carbocycles. The molecule has 1 aromatic heterocycles. The second-order valence-corrected chi connectivity index (χ2v) is 6.40. The molecule has 0 spiro atoms. The number of aromatic nitrogens is 2. The molecule has 4 nitrogen and oxygen atoms in total. The van der Waals surface area contributed by atoms with Crippen LogP contribution in [0.25, 0.3) is 10.9 Å². The Hall–Kier alpha value is -1.49. The Morgan fingerprint density at radius 3 is 2.95 bits per heavy atom. The van der Waals surface area contributed by atoms with Crippen LogP contribution in [0.2, 0.25) is 0 Å². The van der Waals surface area contributed by atoms with E-state index in [4.69, 9.17) is 0 Å². The maximum absolute atomic E-state index is 12.2. The van der Waals surface area contributed by atoms with E-state index in [1.807, 2.05) is 27.5 Å². The van der Waals surface area contributed by atoms with E-state index in [9.17, 15) is 4.79 Å². The third-order valence-corrected chi connectivity index (χ3v) is 4.64. The van der Waals surface area contributed by atoms with Gasteiger partial charge < -0.3 is 4.90 Å². The first-order valence-electron chi connectivity index (χ1n) is 7.02. The highest BCUT2D eigenvalue weighted by atomic mass is 32.2. The molecule has 2 heterocycles. The molecular weight excluding hydrogens is 270 g/mol. The summed E-state index contributed by atoms with van der Waals surface area (Å²) in [5.41, 5.74) is 2.34. The van der Waals surface area contributed by atoms with Crippen molar-refractivity contribution in [1.29, 1.82) is 0 Å². The lowest BCUT2D eigenvalue weighted by Gasteiger charge is -2.26. The summed E-state index contributed by atoms with van der Waals surface area (Å²) in [4.78, 5) is 14.2. The zero-order chi connectivity index (χ0) is 13.9. The molecule has 0 saturated carbocycles. The standard InChI is InChI=1S/C15H19N3OS/c1-12-2-3-13-11-16-18(14(13)10-12)5-4-15(19)17-6-8-20-9-7-17/h2-3,10-11H,4-9H2,1H3. The molecule has 1 aromatic carbocycles. The Morgan fingerprint density at radius 2 is 2.15 bits per heavy atom. The largest absolute Gasteiger partial charge is 0.341 e. The van der Waals surface area contributed by atoms with Crippen molar-refractivity contribution in [3.63, 3.8) is 0 Å². The lowest BCUT2D eigenvalue weighted by molar-refractivity contribution is -0.131. The molecule has 20 heavy (non-hydrogen) atoms. The number of hydrogen-bond acceptors (Lipinski definition) is 3. The van der Waals surface area contributed by atoms with Crippen molar-refractivity contribution >= 4 is 28.6 Å². The van der Waals surface area contributed by atoms with Crippen molar-refractivity contribution in [3.05, 3.63) is 30.0 Å². The topological polar surface area (TPSA) is 38.1 Å². The number of amides is 1. The summed E-state index contributed by atoms with van der Waals surface area (Å²) in [5.74, 6) is 2.38. The van der Waals surface area contributed by atoms with Crippen LogP contribution in [0.1, 0.15) is 12.0 Å². The van der Waals surface area contributed by atoms with Gasteiger partial charge in [-0.15, -0.1) is 0 Å². The molecule has 0 bridgehead atoms. The first-order valence-corrected chi connectivity index (χ1v) is 8.17. The molecule has 1 amide bonds. The third kappa shape index (κ3) is 2.82. The van der Waals surface area contributed by atoms with Crippen LogP contribution in [0.4, 0.5) is 0 Å². The van der Waals surface area contributed by atoms with E-state index in [1.165, 1.54) is 5.56 Å². The number of aryl methyl sites for hydroxylation is 2. The van der Waals surface area contributed by atoms with Crippen LogP contribution in [0.3, 0.4) is 0 Å². The zero-order valence-corrected chi connectivity index (χ0v) is 12.5. The number of rotatable bonds is 3. The second kappa shape index (κ2) is 5.87. The Labute approximate surface area is 123 Å². The minimum absolute atomic E-state index is 0.251. The average Bonchev–Trinajstić information content (AvgIpc) is 2.88. The molecule has 0 radical (unpaired) electrons. The molecule has 0 unspecified atom stereocenters. The van der Waals surface area contributed by atoms with Gasteiger partial charge in [-0.1, -0.05) is 12.1 Å². The fraction of sp³-hybridized carbons (Fsp3) is 0.467. The number of carbonyl (C=O) groups is 1. The van der Waals surface area contributed by atoms with Gasteiger partial charge in [-0.3, -0.25) is 9.48 Å². The Kier molecular flexibility index (Phi) is 3.96. The molecular formula is C15H19N3OS. The number of carbonyl (C=O) groups excluding carboxylic acids is 1. The predicted octanol–water partition coefficient (Wildman–Crippen LogP) is 2.31. The Morgan fingerprint density at radius 1 is 1.35 bits per heavy atom. The molecule has 1 aliphatic heterocycles. The van der Waals surface area contributed by atoms with E-state index in [2.05, 4.69) is 30.2 Å². The van der Waals surface area contributed by atoms with Gasteiger partial charge in [0.25, 0.3) is 0 Å². The normalized spacial score (nSPS) is 15.8. The second-order valence-electron chi connectivity index (χ2n) is 5.17. The maximum atomic E-state index is 12.2. The van der Waals surface area contributed by atoms with E-state index in [0.29, 0.717) is 13.0 Å². The molecule has 106 valence electrons. The molecule has 1 saturated heterocycles. The molecule has 1 fully saturated rings. The number of hydrogen-bond donors (Lipinski definition) is 0. The van der Waals surface area contributed by atoms with Gasteiger partial charge in [0.15, 0.2) is 0 Å². The van der Waals surface area contributed by atoms with Crippen LogP contribution in [0, 0.1) is 6.92 Å². The first kappa shape index (κ1) is 13.5. The summed E-state index contributed by atoms with van der Waals surface area (Å²) in [6.07, 6.45) is 2.41. The van der Waals surface area contributed by atoms with Gasteiger partial charge in [0.05, 0.1) is 18.3 Å². The first-order chi connectivity index (χ1) is 9.74. The third-order valence-electron chi connectivity index (χ3n) is 3.70. The van der Waals surface area contributed by atoms with Gasteiger partial charge >= 0.3 is 0 Å². The predicted molar refractivity (Wildman–Crippen MR) is 83.0 cm³/mol. The monoisotopic (exact) mass is 289 g/mol. The summed E-state index contributed by atoms with van der Waals surface area (Å²) in [7, 11) is 0. The van der Waals surface area contributed by atoms with Gasteiger partial charge in [-0.2, -0.15) is 16.9 Å². The highest BCUT2D eigenvalue weighted by Crippen LogP contribution is 2.16. The maximum Gasteiger partial charge on any atom is 0.224 e. The van der Waals surface area contributed by atoms with Crippen molar-refractivity contribution in [3.8, 4) is 0 Å². The zero-order valence-electron chi connectivity index (χ0n) is 11.7. The van der Waals surface area contributed by atoms with Crippen LogP contribution in [-0.2, 0) is 11.3 Å². The summed E-state index contributed by atoms with van der Waals surface area (Å²) >= 11 is 1.92. The Balaban J connectivity index is 1.67. The Bertz CT molecular complexity index is 617. The summed E-state index contributed by atoms with van der Waals surface area (Å²) in [5, 5.41) is 5.53. The van der Waals surface area contributed by atoms with Gasteiger partial charge in [-0.25, -0.2) is 0 Å². The minimum Gasteiger partial charge on any atom is -0.341 e. The molecule has 3 rings (SSSR count). The fourth-order valence-corrected chi connectivity index (χ4v) is 3.43. The van der Waals surface area contributed by atoms with Crippen molar-refractivity contribution in [2.45, 2.75) is 19.9 Å². The van der Waals surface area contributed by atoms with E-state index in [1.54, 1.807) is 0 Å². The van der Waals surface area contributed by atoms with Crippen LogP contribution in [0.15, 0.2) is 24.4 Å². The summed E-state index contributed by atoms with van der Waals surface area (Å²) < 4.78 is 1.94. The minimum atomic E-state index is 0.251. The van der Waals surface area contributed by atoms with E-state index in [-0.39, 0.29) is 5.91 Å². The number of fused-ring (bicyclic) bond motifs is 1. The molecule has 1 aliphatic rings. The number of nitrogens with zero attached hydrogens (tertiary/aromatic N) is 3. The number of benzene rings is 1. The van der Waals surface area contributed by atoms with Crippen LogP contribution < -0.4 is 0 Å². The van der Waals surface area contributed by atoms with Gasteiger partial charge in [0.1, 0.15) is 0 Å². The van der Waals surface area contributed by atoms with Crippen LogP contribution >= 0.6 is 11.8 Å². The lowest BCUT2D eigenvalue weighted by Crippen LogP contribution is -2.38. The SMILES string of the molecule is Cc1ccc2cnn(CCC(=O)N3CCSCC3)c2c1. The molecule has 0 N–H and O–H groups in total. The van der Waals surface area contributed by atoms with Crippen molar-refractivity contribution in [2.24, 2.45) is 0 Å². The van der Waals surface area contributed by atoms with Crippen molar-refractivity contribution in [1.82, 2.24) is 14.7 Å². The lowest BCUT2D eigenvalue weighted by atomic mass is 10.2. The quantitative estimate of drug-likeness (QED) is 0.870. The highest BCUT2D eigenvalue weighted by molar-refractivity contribution is 7.99.